The van der Waals surface area contributed by atoms with Crippen molar-refractivity contribution in [2.24, 2.45) is 11.3 Å². The van der Waals surface area contributed by atoms with Gasteiger partial charge in [0.1, 0.15) is 12.0 Å². The fourth-order valence-corrected chi connectivity index (χ4v) is 7.79. The van der Waals surface area contributed by atoms with E-state index in [0.29, 0.717) is 18.1 Å². The molecule has 9 nitrogen and oxygen atoms in total. The molecule has 1 saturated carbocycles. The summed E-state index contributed by atoms with van der Waals surface area (Å²) >= 11 is 0. The summed E-state index contributed by atoms with van der Waals surface area (Å²) < 4.78 is 75.1. The lowest BCUT2D eigenvalue weighted by molar-refractivity contribution is -0.190. The smallest absolute Gasteiger partial charge is 0.394 e. The van der Waals surface area contributed by atoms with Crippen LogP contribution in [0.2, 0.25) is 0 Å². The molecule has 0 N–H and O–H groups in total. The molecule has 13 heteroatoms. The predicted octanol–water partition coefficient (Wildman–Crippen LogP) is 5.17. The van der Waals surface area contributed by atoms with Gasteiger partial charge < -0.3 is 9.64 Å². The Kier molecular flexibility index (Phi) is 6.18. The van der Waals surface area contributed by atoms with Gasteiger partial charge in [0.25, 0.3) is 15.9 Å². The summed E-state index contributed by atoms with van der Waals surface area (Å²) in [5, 5.41) is 4.32. The van der Waals surface area contributed by atoms with Crippen LogP contribution >= 0.6 is 0 Å². The van der Waals surface area contributed by atoms with Crippen LogP contribution in [0, 0.1) is 11.3 Å². The minimum absolute atomic E-state index is 0.0325. The fraction of sp³-hybridized carbons (Fsp3) is 0.464. The third-order valence-electron chi connectivity index (χ3n) is 8.39. The molecule has 3 aliphatic rings. The minimum atomic E-state index is -4.24. The Morgan fingerprint density at radius 2 is 1.78 bits per heavy atom. The predicted molar refractivity (Wildman–Crippen MR) is 143 cm³/mol. The maximum absolute atomic E-state index is 13.8. The Bertz CT molecular complexity index is 1600. The first-order valence-corrected chi connectivity index (χ1v) is 14.9. The number of pyridine rings is 1. The van der Waals surface area contributed by atoms with Gasteiger partial charge in [-0.15, -0.1) is 5.10 Å². The van der Waals surface area contributed by atoms with Crippen molar-refractivity contribution in [2.45, 2.75) is 69.2 Å². The van der Waals surface area contributed by atoms with E-state index < -0.39 is 39.2 Å². The van der Waals surface area contributed by atoms with Gasteiger partial charge in [-0.2, -0.15) is 13.2 Å². The third-order valence-corrected chi connectivity index (χ3v) is 10.2. The van der Waals surface area contributed by atoms with Crippen molar-refractivity contribution in [3.05, 3.63) is 60.3 Å². The molecule has 1 aliphatic carbocycles. The number of aromatic nitrogens is 3. The number of carbonyl (C=O) groups excluding carboxylic acids is 1. The lowest BCUT2D eigenvalue weighted by Gasteiger charge is -2.45. The number of hydrogen-bond acceptors (Lipinski definition) is 7. The van der Waals surface area contributed by atoms with E-state index in [-0.39, 0.29) is 48.1 Å². The monoisotopic (exact) mass is 589 g/mol. The van der Waals surface area contributed by atoms with Crippen molar-refractivity contribution < 1.29 is 31.1 Å². The normalized spacial score (nSPS) is 22.8. The van der Waals surface area contributed by atoms with Gasteiger partial charge in [-0.3, -0.25) is 4.79 Å². The number of fused-ring (bicyclic) bond motifs is 3. The van der Waals surface area contributed by atoms with Gasteiger partial charge >= 0.3 is 6.18 Å². The van der Waals surface area contributed by atoms with E-state index in [1.807, 2.05) is 25.7 Å². The number of carbonyl (C=O) groups is 1. The summed E-state index contributed by atoms with van der Waals surface area (Å²) in [7, 11) is -4.16. The number of anilines is 1. The van der Waals surface area contributed by atoms with E-state index in [0.717, 1.165) is 4.31 Å². The van der Waals surface area contributed by atoms with E-state index >= 15 is 0 Å². The van der Waals surface area contributed by atoms with E-state index in [4.69, 9.17) is 9.72 Å². The summed E-state index contributed by atoms with van der Waals surface area (Å²) in [6, 6.07) is 12.5. The molecule has 1 unspecified atom stereocenters. The van der Waals surface area contributed by atoms with Crippen molar-refractivity contribution in [3.63, 3.8) is 0 Å². The third kappa shape index (κ3) is 4.45. The van der Waals surface area contributed by atoms with Gasteiger partial charge in [-0.05, 0) is 69.7 Å². The summed E-state index contributed by atoms with van der Waals surface area (Å²) in [4.78, 5) is 20.5. The molecule has 218 valence electrons. The van der Waals surface area contributed by atoms with E-state index in [9.17, 15) is 26.4 Å². The molecule has 0 spiro atoms. The SMILES string of the molecule is C[C@H]1CC(C)(C)N2c3nc(-n4ccc(OCCC5(C(F)(F)F)CC5)n4)ccc3C(=O)N(S(=O)(=O)c3ccccc3)C12. The number of hydrogen-bond donors (Lipinski definition) is 0. The number of halogens is 3. The van der Waals surface area contributed by atoms with Crippen LogP contribution in [-0.2, 0) is 10.0 Å². The Hall–Kier alpha value is -3.61. The minimum Gasteiger partial charge on any atom is -0.477 e. The highest BCUT2D eigenvalue weighted by atomic mass is 32.2. The second-order valence-electron chi connectivity index (χ2n) is 11.7. The van der Waals surface area contributed by atoms with Gasteiger partial charge in [0, 0.05) is 17.8 Å². The van der Waals surface area contributed by atoms with Gasteiger partial charge in [-0.1, -0.05) is 25.1 Å². The highest BCUT2D eigenvalue weighted by molar-refractivity contribution is 7.89. The zero-order chi connectivity index (χ0) is 29.4. The maximum atomic E-state index is 13.8. The average molecular weight is 590 g/mol. The first kappa shape index (κ1) is 27.6. The molecule has 1 amide bonds. The molecular formula is C28H30F3N5O4S. The molecule has 2 atom stereocenters. The summed E-state index contributed by atoms with van der Waals surface area (Å²) in [6.45, 7) is 5.77. The number of nitrogens with zero attached hydrogens (tertiary/aromatic N) is 5. The number of ether oxygens (including phenoxy) is 1. The molecule has 2 aromatic heterocycles. The number of benzene rings is 1. The quantitative estimate of drug-likeness (QED) is 0.375. The van der Waals surface area contributed by atoms with E-state index in [1.54, 1.807) is 30.5 Å². The molecule has 1 aromatic carbocycles. The lowest BCUT2D eigenvalue weighted by atomic mass is 9.97. The van der Waals surface area contributed by atoms with Crippen molar-refractivity contribution in [1.82, 2.24) is 19.1 Å². The number of sulfonamides is 1. The second-order valence-corrected chi connectivity index (χ2v) is 13.5. The molecule has 4 heterocycles. The van der Waals surface area contributed by atoms with Gasteiger partial charge in [0.2, 0.25) is 5.88 Å². The number of amides is 1. The Morgan fingerprint density at radius 3 is 2.44 bits per heavy atom. The topological polar surface area (TPSA) is 97.6 Å². The van der Waals surface area contributed by atoms with Crippen LogP contribution in [0.5, 0.6) is 5.88 Å². The molecule has 2 aliphatic heterocycles. The van der Waals surface area contributed by atoms with Crippen LogP contribution < -0.4 is 9.64 Å². The Balaban J connectivity index is 1.31. The first-order valence-electron chi connectivity index (χ1n) is 13.5. The fourth-order valence-electron chi connectivity index (χ4n) is 6.15. The molecule has 2 fully saturated rings. The Labute approximate surface area is 236 Å². The standard InChI is InChI=1S/C28H30F3N5O4S/c1-18-17-26(2,3)35-23-20(25(37)36(24(18)35)41(38,39)19-7-5-4-6-8-19)9-10-21(32-23)34-15-11-22(33-34)40-16-14-27(12-13-27)28(29,30)31/h4-11,15,18,24H,12-14,16-17H2,1-3H3/t18-,24?/m0/s1. The van der Waals surface area contributed by atoms with Gasteiger partial charge in [-0.25, -0.2) is 22.4 Å². The number of rotatable bonds is 7. The summed E-state index contributed by atoms with van der Waals surface area (Å²) in [5.74, 6) is 0.0322. The molecule has 1 saturated heterocycles. The number of alkyl halides is 3. The second kappa shape index (κ2) is 9.20. The van der Waals surface area contributed by atoms with Crippen LogP contribution in [0.1, 0.15) is 56.8 Å². The van der Waals surface area contributed by atoms with Crippen LogP contribution in [0.3, 0.4) is 0 Å². The maximum Gasteiger partial charge on any atom is 0.394 e. The Morgan fingerprint density at radius 1 is 1.07 bits per heavy atom. The zero-order valence-corrected chi connectivity index (χ0v) is 23.6. The molecule has 0 bridgehead atoms. The highest BCUT2D eigenvalue weighted by Gasteiger charge is 2.62. The summed E-state index contributed by atoms with van der Waals surface area (Å²) in [5.41, 5.74) is -2.02. The molecular weight excluding hydrogens is 559 g/mol. The van der Waals surface area contributed by atoms with Crippen LogP contribution in [-0.4, -0.2) is 57.9 Å². The van der Waals surface area contributed by atoms with Crippen molar-refractivity contribution >= 4 is 21.7 Å². The molecule has 41 heavy (non-hydrogen) atoms. The first-order chi connectivity index (χ1) is 19.3. The largest absolute Gasteiger partial charge is 0.477 e. The molecule has 3 aromatic rings. The van der Waals surface area contributed by atoms with Crippen LogP contribution in [0.25, 0.3) is 5.82 Å². The molecule has 0 radical (unpaired) electrons. The average Bonchev–Trinajstić information content (AvgIpc) is 3.50. The van der Waals surface area contributed by atoms with Crippen LogP contribution in [0.15, 0.2) is 59.6 Å². The summed E-state index contributed by atoms with van der Waals surface area (Å²) in [6.07, 6.45) is -2.73. The van der Waals surface area contributed by atoms with Crippen molar-refractivity contribution in [2.75, 3.05) is 11.5 Å². The van der Waals surface area contributed by atoms with E-state index in [1.165, 1.54) is 28.9 Å². The zero-order valence-electron chi connectivity index (χ0n) is 22.8. The molecule has 6 rings (SSSR count). The van der Waals surface area contributed by atoms with Crippen LogP contribution in [0.4, 0.5) is 19.0 Å². The highest BCUT2D eigenvalue weighted by Crippen LogP contribution is 2.59. The lowest BCUT2D eigenvalue weighted by Crippen LogP contribution is -2.60. The van der Waals surface area contributed by atoms with Gasteiger partial charge in [0.15, 0.2) is 5.82 Å². The van der Waals surface area contributed by atoms with Crippen molar-refractivity contribution in [3.8, 4) is 11.7 Å². The van der Waals surface area contributed by atoms with E-state index in [2.05, 4.69) is 5.10 Å². The van der Waals surface area contributed by atoms with Gasteiger partial charge in [0.05, 0.1) is 22.5 Å². The van der Waals surface area contributed by atoms with Crippen molar-refractivity contribution in [1.29, 1.82) is 0 Å².